The highest BCUT2D eigenvalue weighted by Crippen LogP contribution is 2.41. The summed E-state index contributed by atoms with van der Waals surface area (Å²) >= 11 is 12.0. The summed E-state index contributed by atoms with van der Waals surface area (Å²) < 4.78 is 5.76. The average Bonchev–Trinajstić information content (AvgIpc) is 2.90. The number of fused-ring (bicyclic) bond motifs is 1. The molecule has 0 radical (unpaired) electrons. The number of allylic oxidation sites excluding steroid dienone is 2. The van der Waals surface area contributed by atoms with E-state index >= 15 is 0 Å². The van der Waals surface area contributed by atoms with Crippen LogP contribution in [-0.4, -0.2) is 11.8 Å². The minimum absolute atomic E-state index is 0.0693. The molecule has 1 heterocycles. The van der Waals surface area contributed by atoms with Crippen molar-refractivity contribution in [2.75, 3.05) is 4.90 Å². The lowest BCUT2D eigenvalue weighted by atomic mass is 9.78. The summed E-state index contributed by atoms with van der Waals surface area (Å²) in [6.45, 7) is 1.98. The molecule has 2 aromatic carbocycles. The van der Waals surface area contributed by atoms with Crippen LogP contribution in [0.4, 0.5) is 5.69 Å². The van der Waals surface area contributed by atoms with E-state index < -0.39 is 0 Å². The van der Waals surface area contributed by atoms with Crippen molar-refractivity contribution in [3.63, 3.8) is 0 Å². The Kier molecular flexibility index (Phi) is 4.70. The molecule has 2 aliphatic rings. The van der Waals surface area contributed by atoms with Gasteiger partial charge >= 0.3 is 0 Å². The summed E-state index contributed by atoms with van der Waals surface area (Å²) in [4.78, 5) is 26.9. The zero-order valence-electron chi connectivity index (χ0n) is 14.6. The van der Waals surface area contributed by atoms with Crippen LogP contribution in [0.2, 0.25) is 10.0 Å². The van der Waals surface area contributed by atoms with Crippen molar-refractivity contribution in [3.05, 3.63) is 64.7 Å². The summed E-state index contributed by atoms with van der Waals surface area (Å²) in [5.41, 5.74) is 0.557. The fourth-order valence-electron chi connectivity index (χ4n) is 3.75. The minimum atomic E-state index is -0.272. The highest BCUT2D eigenvalue weighted by atomic mass is 35.5. The van der Waals surface area contributed by atoms with E-state index in [1.54, 1.807) is 42.5 Å². The number of amides is 2. The lowest BCUT2D eigenvalue weighted by molar-refractivity contribution is -0.122. The van der Waals surface area contributed by atoms with Gasteiger partial charge in [0.15, 0.2) is 0 Å². The van der Waals surface area contributed by atoms with Crippen LogP contribution in [0.5, 0.6) is 11.5 Å². The van der Waals surface area contributed by atoms with E-state index in [0.29, 0.717) is 33.7 Å². The van der Waals surface area contributed by atoms with E-state index in [1.807, 2.05) is 19.1 Å². The van der Waals surface area contributed by atoms with Crippen LogP contribution in [0.25, 0.3) is 0 Å². The quantitative estimate of drug-likeness (QED) is 0.504. The molecule has 4 rings (SSSR count). The summed E-state index contributed by atoms with van der Waals surface area (Å²) in [5, 5.41) is 0.931. The molecule has 1 fully saturated rings. The van der Waals surface area contributed by atoms with E-state index in [9.17, 15) is 9.59 Å². The van der Waals surface area contributed by atoms with Gasteiger partial charge in [-0.15, -0.1) is 0 Å². The first-order chi connectivity index (χ1) is 13.0. The zero-order valence-corrected chi connectivity index (χ0v) is 16.1. The Morgan fingerprint density at radius 3 is 2.44 bits per heavy atom. The summed E-state index contributed by atoms with van der Waals surface area (Å²) in [6.07, 6.45) is 4.63. The second-order valence-corrected chi connectivity index (χ2v) is 7.68. The molecule has 0 N–H and O–H groups in total. The Morgan fingerprint density at radius 2 is 1.78 bits per heavy atom. The molecule has 2 aromatic rings. The van der Waals surface area contributed by atoms with Crippen LogP contribution in [0, 0.1) is 17.8 Å². The molecule has 6 heteroatoms. The van der Waals surface area contributed by atoms with Crippen LogP contribution in [0.3, 0.4) is 0 Å². The van der Waals surface area contributed by atoms with Crippen molar-refractivity contribution in [3.8, 4) is 11.5 Å². The van der Waals surface area contributed by atoms with Crippen LogP contribution in [0.1, 0.15) is 13.3 Å². The predicted molar refractivity (Wildman–Crippen MR) is 105 cm³/mol. The van der Waals surface area contributed by atoms with Gasteiger partial charge in [0, 0.05) is 5.02 Å². The fraction of sp³-hybridized carbons (Fsp3) is 0.238. The monoisotopic (exact) mass is 401 g/mol. The Balaban J connectivity index is 1.56. The standard InChI is InChI=1S/C21H17Cl2NO3/c1-12-3-2-4-16-19(12)21(26)24(20(16)25)14-6-8-15(9-7-14)27-18-10-5-13(22)11-17(18)23/h2-3,5-12,16,19H,4H2,1H3/t12-,16-,19-/m1/s1. The Bertz CT molecular complexity index is 939. The SMILES string of the molecule is C[C@@H]1C=CC[C@H]2C(=O)N(c3ccc(Oc4ccc(Cl)cc4Cl)cc3)C(=O)[C@H]12. The largest absolute Gasteiger partial charge is 0.456 e. The Morgan fingerprint density at radius 1 is 1.04 bits per heavy atom. The number of carbonyl (C=O) groups is 2. The van der Waals surface area contributed by atoms with Gasteiger partial charge in [0.2, 0.25) is 11.8 Å². The molecule has 0 unspecified atom stereocenters. The second-order valence-electron chi connectivity index (χ2n) is 6.84. The first-order valence-electron chi connectivity index (χ1n) is 8.73. The molecule has 0 aromatic heterocycles. The topological polar surface area (TPSA) is 46.6 Å². The highest BCUT2D eigenvalue weighted by molar-refractivity contribution is 6.35. The maximum absolute atomic E-state index is 12.8. The number of nitrogens with zero attached hydrogens (tertiary/aromatic N) is 1. The normalized spacial score (nSPS) is 24.3. The lowest BCUT2D eigenvalue weighted by Gasteiger charge is -2.22. The molecular formula is C21H17Cl2NO3. The predicted octanol–water partition coefficient (Wildman–Crippen LogP) is 5.49. The van der Waals surface area contributed by atoms with Crippen LogP contribution in [-0.2, 0) is 9.59 Å². The van der Waals surface area contributed by atoms with Gasteiger partial charge in [-0.1, -0.05) is 42.3 Å². The third kappa shape index (κ3) is 3.24. The molecule has 3 atom stereocenters. The molecule has 27 heavy (non-hydrogen) atoms. The molecule has 0 saturated carbocycles. The van der Waals surface area contributed by atoms with Crippen molar-refractivity contribution in [1.82, 2.24) is 0 Å². The van der Waals surface area contributed by atoms with Crippen LogP contribution >= 0.6 is 23.2 Å². The number of carbonyl (C=O) groups excluding carboxylic acids is 2. The van der Waals surface area contributed by atoms with Crippen LogP contribution in [0.15, 0.2) is 54.6 Å². The third-order valence-electron chi connectivity index (χ3n) is 5.09. The third-order valence-corrected chi connectivity index (χ3v) is 5.62. The number of anilines is 1. The molecule has 138 valence electrons. The van der Waals surface area contributed by atoms with E-state index in [0.717, 1.165) is 0 Å². The van der Waals surface area contributed by atoms with Gasteiger partial charge in [-0.3, -0.25) is 14.5 Å². The Labute approximate surface area is 167 Å². The molecule has 1 saturated heterocycles. The maximum Gasteiger partial charge on any atom is 0.238 e. The molecule has 2 amide bonds. The molecule has 0 spiro atoms. The van der Waals surface area contributed by atoms with Crippen LogP contribution < -0.4 is 9.64 Å². The first kappa shape index (κ1) is 18.1. The van der Waals surface area contributed by atoms with E-state index in [1.165, 1.54) is 4.90 Å². The number of hydrogen-bond acceptors (Lipinski definition) is 3. The van der Waals surface area contributed by atoms with Crippen molar-refractivity contribution >= 4 is 40.7 Å². The molecule has 1 aliphatic carbocycles. The zero-order chi connectivity index (χ0) is 19.1. The lowest BCUT2D eigenvalue weighted by Crippen LogP contribution is -2.31. The van der Waals surface area contributed by atoms with E-state index in [2.05, 4.69) is 0 Å². The molecule has 0 bridgehead atoms. The van der Waals surface area contributed by atoms with Gasteiger partial charge in [-0.25, -0.2) is 0 Å². The molecular weight excluding hydrogens is 385 g/mol. The van der Waals surface area contributed by atoms with Gasteiger partial charge < -0.3 is 4.74 Å². The van der Waals surface area contributed by atoms with Gasteiger partial charge in [0.1, 0.15) is 11.5 Å². The van der Waals surface area contributed by atoms with Crippen molar-refractivity contribution in [2.45, 2.75) is 13.3 Å². The molecule has 4 nitrogen and oxygen atoms in total. The smallest absolute Gasteiger partial charge is 0.238 e. The summed E-state index contributed by atoms with van der Waals surface area (Å²) in [7, 11) is 0. The van der Waals surface area contributed by atoms with E-state index in [4.69, 9.17) is 27.9 Å². The van der Waals surface area contributed by atoms with Gasteiger partial charge in [0.25, 0.3) is 0 Å². The number of rotatable bonds is 3. The van der Waals surface area contributed by atoms with Gasteiger partial charge in [-0.05, 0) is 54.8 Å². The van der Waals surface area contributed by atoms with Gasteiger partial charge in [-0.2, -0.15) is 0 Å². The van der Waals surface area contributed by atoms with E-state index in [-0.39, 0.29) is 29.6 Å². The number of hydrogen-bond donors (Lipinski definition) is 0. The van der Waals surface area contributed by atoms with Crippen molar-refractivity contribution in [1.29, 1.82) is 0 Å². The number of ether oxygens (including phenoxy) is 1. The fourth-order valence-corrected chi connectivity index (χ4v) is 4.20. The first-order valence-corrected chi connectivity index (χ1v) is 9.49. The number of halogens is 2. The van der Waals surface area contributed by atoms with Gasteiger partial charge in [0.05, 0.1) is 22.5 Å². The second kappa shape index (κ2) is 7.02. The number of benzene rings is 2. The highest BCUT2D eigenvalue weighted by Gasteiger charge is 2.50. The summed E-state index contributed by atoms with van der Waals surface area (Å²) in [5.74, 6) is 0.307. The Hall–Kier alpha value is -2.30. The number of imide groups is 1. The average molecular weight is 402 g/mol. The van der Waals surface area contributed by atoms with Crippen molar-refractivity contribution < 1.29 is 14.3 Å². The minimum Gasteiger partial charge on any atom is -0.456 e. The maximum atomic E-state index is 12.8. The molecule has 1 aliphatic heterocycles. The van der Waals surface area contributed by atoms with Crippen molar-refractivity contribution in [2.24, 2.45) is 17.8 Å². The summed E-state index contributed by atoms with van der Waals surface area (Å²) in [6, 6.07) is 11.8.